The van der Waals surface area contributed by atoms with Crippen LogP contribution in [0.4, 0.5) is 49.1 Å². The van der Waals surface area contributed by atoms with Crippen molar-refractivity contribution in [1.82, 2.24) is 0 Å². The number of nitrogens with two attached hydrogens (primary N) is 1. The Kier molecular flexibility index (Phi) is 7.53. The highest BCUT2D eigenvalue weighted by molar-refractivity contribution is 6.11. The van der Waals surface area contributed by atoms with E-state index in [9.17, 15) is 46.0 Å². The fourth-order valence-electron chi connectivity index (χ4n) is 4.80. The molecule has 14 heteroatoms. The Balaban J connectivity index is 0.000000175. The van der Waals surface area contributed by atoms with Gasteiger partial charge in [0.2, 0.25) is 0 Å². The number of carbonyl (C=O) groups excluding carboxylic acids is 2. The fourth-order valence-corrected chi connectivity index (χ4v) is 4.80. The molecule has 0 saturated heterocycles. The van der Waals surface area contributed by atoms with Crippen LogP contribution < -0.4 is 15.5 Å². The lowest BCUT2D eigenvalue weighted by molar-refractivity contribution is -0.384. The minimum Gasteiger partial charge on any atom is -0.399 e. The zero-order valence-corrected chi connectivity index (χ0v) is 22.3. The number of carbonyl (C=O) groups is 2. The number of nitrogens with zero attached hydrogens (tertiary/aromatic N) is 3. The molecule has 2 N–H and O–H groups in total. The molecule has 0 unspecified atom stereocenters. The van der Waals surface area contributed by atoms with E-state index >= 15 is 0 Å². The van der Waals surface area contributed by atoms with Crippen molar-refractivity contribution in [3.05, 3.63) is 128 Å². The summed E-state index contributed by atoms with van der Waals surface area (Å²) in [5, 5.41) is 10.8. The van der Waals surface area contributed by atoms with Gasteiger partial charge in [0.05, 0.1) is 34.7 Å². The average molecular weight is 615 g/mol. The van der Waals surface area contributed by atoms with E-state index in [0.29, 0.717) is 34.7 Å². The molecule has 2 aliphatic heterocycles. The van der Waals surface area contributed by atoms with E-state index in [-0.39, 0.29) is 23.7 Å². The third-order valence-corrected chi connectivity index (χ3v) is 7.06. The third-order valence-electron chi connectivity index (χ3n) is 7.06. The van der Waals surface area contributed by atoms with Gasteiger partial charge in [-0.25, -0.2) is 0 Å². The van der Waals surface area contributed by atoms with Crippen LogP contribution in [0.15, 0.2) is 84.9 Å². The summed E-state index contributed by atoms with van der Waals surface area (Å²) < 4.78 is 75.3. The molecule has 0 atom stereocenters. The van der Waals surface area contributed by atoms with Gasteiger partial charge in [0, 0.05) is 34.8 Å². The third kappa shape index (κ3) is 5.91. The van der Waals surface area contributed by atoms with Gasteiger partial charge in [0.15, 0.2) is 0 Å². The predicted octanol–water partition coefficient (Wildman–Crippen LogP) is 7.22. The van der Waals surface area contributed by atoms with Crippen molar-refractivity contribution in [2.24, 2.45) is 0 Å². The number of rotatable bonds is 3. The summed E-state index contributed by atoms with van der Waals surface area (Å²) in [7, 11) is 0. The van der Waals surface area contributed by atoms with Crippen LogP contribution in [-0.4, -0.2) is 16.7 Å². The first-order valence-electron chi connectivity index (χ1n) is 12.8. The van der Waals surface area contributed by atoms with E-state index in [4.69, 9.17) is 5.73 Å². The topological polar surface area (TPSA) is 110 Å². The van der Waals surface area contributed by atoms with Gasteiger partial charge in [-0.3, -0.25) is 19.7 Å². The molecule has 6 rings (SSSR count). The van der Waals surface area contributed by atoms with Crippen LogP contribution in [-0.2, 0) is 25.4 Å². The van der Waals surface area contributed by atoms with Crippen molar-refractivity contribution in [2.75, 3.05) is 15.5 Å². The Morgan fingerprint density at radius 3 is 1.45 bits per heavy atom. The SMILES string of the molecule is Nc1ccc2c(c1)C(=O)N(c1ccc(C(F)(F)F)cc1)C2.O=C1c2cc([N+](=O)[O-])ccc2CN1c1ccc(C(F)(F)F)cc1. The van der Waals surface area contributed by atoms with Gasteiger partial charge >= 0.3 is 12.4 Å². The molecule has 2 heterocycles. The molecule has 226 valence electrons. The minimum atomic E-state index is -4.45. The Hall–Kier alpha value is -5.40. The van der Waals surface area contributed by atoms with Crippen molar-refractivity contribution in [2.45, 2.75) is 25.4 Å². The predicted molar refractivity (Wildman–Crippen MR) is 148 cm³/mol. The lowest BCUT2D eigenvalue weighted by atomic mass is 10.1. The number of anilines is 3. The molecule has 4 aromatic carbocycles. The van der Waals surface area contributed by atoms with E-state index in [2.05, 4.69) is 0 Å². The maximum absolute atomic E-state index is 12.6. The molecule has 0 saturated carbocycles. The summed E-state index contributed by atoms with van der Waals surface area (Å²) in [5.41, 5.74) is 7.23. The number of halogens is 6. The average Bonchev–Trinajstić information content (AvgIpc) is 3.48. The van der Waals surface area contributed by atoms with Gasteiger partial charge in [-0.2, -0.15) is 26.3 Å². The number of hydrogen-bond acceptors (Lipinski definition) is 5. The number of fused-ring (bicyclic) bond motifs is 2. The summed E-state index contributed by atoms with van der Waals surface area (Å²) in [6, 6.07) is 17.8. The number of hydrogen-bond donors (Lipinski definition) is 1. The number of benzene rings is 4. The molecule has 2 aliphatic rings. The largest absolute Gasteiger partial charge is 0.416 e. The Morgan fingerprint density at radius 1 is 0.636 bits per heavy atom. The van der Waals surface area contributed by atoms with Crippen molar-refractivity contribution in [3.8, 4) is 0 Å². The Bertz CT molecular complexity index is 1770. The molecule has 0 spiro atoms. The second-order valence-electron chi connectivity index (χ2n) is 9.89. The summed E-state index contributed by atoms with van der Waals surface area (Å²) >= 11 is 0. The van der Waals surface area contributed by atoms with Crippen LogP contribution in [0.3, 0.4) is 0 Å². The van der Waals surface area contributed by atoms with Gasteiger partial charge in [0.25, 0.3) is 17.5 Å². The van der Waals surface area contributed by atoms with Gasteiger partial charge < -0.3 is 15.5 Å². The van der Waals surface area contributed by atoms with Gasteiger partial charge in [-0.1, -0.05) is 6.07 Å². The molecular weight excluding hydrogens is 594 g/mol. The highest BCUT2D eigenvalue weighted by Crippen LogP contribution is 2.35. The van der Waals surface area contributed by atoms with Crippen molar-refractivity contribution in [3.63, 3.8) is 0 Å². The van der Waals surface area contributed by atoms with Gasteiger partial charge in [-0.15, -0.1) is 0 Å². The van der Waals surface area contributed by atoms with Crippen LogP contribution in [0.1, 0.15) is 43.0 Å². The smallest absolute Gasteiger partial charge is 0.399 e. The first-order chi connectivity index (χ1) is 20.6. The summed E-state index contributed by atoms with van der Waals surface area (Å²) in [5.74, 6) is -0.722. The standard InChI is InChI=1S/C15H9F3N2O3.C15H11F3N2O/c16-15(17,18)10-2-5-11(6-3-10)19-8-9-1-4-12(20(22)23)7-13(9)14(19)21;16-15(17,18)10-2-5-12(6-3-10)20-8-9-1-4-11(19)7-13(9)14(20)21/h1-7H,8H2;1-7H,8,19H2. The molecule has 0 aromatic heterocycles. The molecule has 2 amide bonds. The van der Waals surface area contributed by atoms with Crippen molar-refractivity contribution >= 4 is 34.6 Å². The molecule has 0 fully saturated rings. The summed E-state index contributed by atoms with van der Waals surface area (Å²) in [6.07, 6.45) is -8.83. The number of nitrogen functional groups attached to an aromatic ring is 1. The number of nitro benzene ring substituents is 1. The first-order valence-corrected chi connectivity index (χ1v) is 12.8. The van der Waals surface area contributed by atoms with Crippen molar-refractivity contribution in [1.29, 1.82) is 0 Å². The van der Waals surface area contributed by atoms with Crippen LogP contribution in [0.5, 0.6) is 0 Å². The van der Waals surface area contributed by atoms with E-state index < -0.39 is 34.3 Å². The second-order valence-corrected chi connectivity index (χ2v) is 9.89. The monoisotopic (exact) mass is 614 g/mol. The van der Waals surface area contributed by atoms with Gasteiger partial charge in [-0.05, 0) is 77.9 Å². The summed E-state index contributed by atoms with van der Waals surface area (Å²) in [4.78, 5) is 37.5. The molecule has 0 bridgehead atoms. The maximum Gasteiger partial charge on any atom is 0.416 e. The van der Waals surface area contributed by atoms with E-state index in [0.717, 1.165) is 29.8 Å². The highest BCUT2D eigenvalue weighted by Gasteiger charge is 2.34. The number of amides is 2. The van der Waals surface area contributed by atoms with E-state index in [1.807, 2.05) is 0 Å². The van der Waals surface area contributed by atoms with Crippen LogP contribution in [0.2, 0.25) is 0 Å². The molecule has 0 aliphatic carbocycles. The van der Waals surface area contributed by atoms with Crippen LogP contribution >= 0.6 is 0 Å². The maximum atomic E-state index is 12.6. The Morgan fingerprint density at radius 2 is 1.05 bits per heavy atom. The Labute approximate surface area is 245 Å². The van der Waals surface area contributed by atoms with Crippen LogP contribution in [0, 0.1) is 10.1 Å². The lowest BCUT2D eigenvalue weighted by Crippen LogP contribution is -2.23. The quantitative estimate of drug-likeness (QED) is 0.113. The molecule has 44 heavy (non-hydrogen) atoms. The number of alkyl halides is 6. The molecule has 0 radical (unpaired) electrons. The zero-order valence-electron chi connectivity index (χ0n) is 22.3. The first kappa shape index (κ1) is 30.1. The highest BCUT2D eigenvalue weighted by atomic mass is 19.4. The molecule has 4 aromatic rings. The summed E-state index contributed by atoms with van der Waals surface area (Å²) in [6.45, 7) is 0.497. The van der Waals surface area contributed by atoms with E-state index in [1.165, 1.54) is 52.3 Å². The minimum absolute atomic E-state index is 0.164. The molecular formula is C30H20F6N4O4. The number of non-ortho nitro benzene ring substituents is 1. The van der Waals surface area contributed by atoms with Gasteiger partial charge in [0.1, 0.15) is 0 Å². The molecule has 8 nitrogen and oxygen atoms in total. The number of nitro groups is 1. The van der Waals surface area contributed by atoms with Crippen molar-refractivity contribution < 1.29 is 40.9 Å². The van der Waals surface area contributed by atoms with Crippen LogP contribution in [0.25, 0.3) is 0 Å². The fraction of sp³-hybridized carbons (Fsp3) is 0.133. The normalized spacial score (nSPS) is 14.2. The lowest BCUT2D eigenvalue weighted by Gasteiger charge is -2.16. The second kappa shape index (κ2) is 11.0. The zero-order chi connectivity index (χ0) is 32.0. The van der Waals surface area contributed by atoms with E-state index in [1.54, 1.807) is 18.2 Å².